The van der Waals surface area contributed by atoms with Crippen molar-refractivity contribution < 1.29 is 9.59 Å². The molecule has 98 valence electrons. The molecule has 0 unspecified atom stereocenters. The first-order chi connectivity index (χ1) is 8.19. The van der Waals surface area contributed by atoms with Gasteiger partial charge in [-0.2, -0.15) is 0 Å². The first-order valence-corrected chi connectivity index (χ1v) is 6.38. The Labute approximate surface area is 115 Å². The molecule has 1 aromatic carbocycles. The van der Waals surface area contributed by atoms with Crippen molar-refractivity contribution in [3.8, 4) is 0 Å². The highest BCUT2D eigenvalue weighted by atomic mass is 79.9. The standard InChI is InChI=1S/C13H17BrN2O2/c1-8-7-9(5-6-10(8)14)15-11(17)12(18)16-13(2,3)4/h5-7H,1-4H3,(H,15,17)(H,16,18). The maximum absolute atomic E-state index is 11.7. The number of hydrogen-bond acceptors (Lipinski definition) is 2. The second-order valence-corrected chi connectivity index (χ2v) is 5.98. The molecule has 4 nitrogen and oxygen atoms in total. The van der Waals surface area contributed by atoms with Crippen LogP contribution in [0.25, 0.3) is 0 Å². The molecule has 0 aromatic heterocycles. The van der Waals surface area contributed by atoms with Gasteiger partial charge in [0.25, 0.3) is 0 Å². The first-order valence-electron chi connectivity index (χ1n) is 5.59. The third-order valence-electron chi connectivity index (χ3n) is 2.11. The molecule has 0 atom stereocenters. The van der Waals surface area contributed by atoms with Gasteiger partial charge in [0.15, 0.2) is 0 Å². The molecule has 0 fully saturated rings. The van der Waals surface area contributed by atoms with Crippen LogP contribution < -0.4 is 10.6 Å². The molecular formula is C13H17BrN2O2. The average molecular weight is 313 g/mol. The van der Waals surface area contributed by atoms with Crippen LogP contribution in [0.15, 0.2) is 22.7 Å². The zero-order chi connectivity index (χ0) is 13.9. The van der Waals surface area contributed by atoms with Crippen LogP contribution in [0.4, 0.5) is 5.69 Å². The summed E-state index contributed by atoms with van der Waals surface area (Å²) in [5.74, 6) is -1.30. The third-order valence-corrected chi connectivity index (χ3v) is 3.00. The van der Waals surface area contributed by atoms with Crippen molar-refractivity contribution in [3.63, 3.8) is 0 Å². The Bertz CT molecular complexity index is 478. The molecule has 1 aromatic rings. The molecule has 0 aliphatic carbocycles. The summed E-state index contributed by atoms with van der Waals surface area (Å²) in [5, 5.41) is 5.17. The Morgan fingerprint density at radius 2 is 1.78 bits per heavy atom. The van der Waals surface area contributed by atoms with E-state index in [4.69, 9.17) is 0 Å². The Hall–Kier alpha value is -1.36. The fourth-order valence-electron chi connectivity index (χ4n) is 1.31. The monoisotopic (exact) mass is 312 g/mol. The number of amides is 2. The molecule has 5 heteroatoms. The number of nitrogens with one attached hydrogen (secondary N) is 2. The van der Waals surface area contributed by atoms with E-state index < -0.39 is 17.4 Å². The Morgan fingerprint density at radius 3 is 2.28 bits per heavy atom. The number of anilines is 1. The Morgan fingerprint density at radius 1 is 1.17 bits per heavy atom. The summed E-state index contributed by atoms with van der Waals surface area (Å²) >= 11 is 3.37. The number of carbonyl (C=O) groups excluding carboxylic acids is 2. The van der Waals surface area contributed by atoms with Crippen LogP contribution in [-0.4, -0.2) is 17.4 Å². The smallest absolute Gasteiger partial charge is 0.313 e. The molecule has 2 amide bonds. The predicted octanol–water partition coefficient (Wildman–Crippen LogP) is 2.61. The van der Waals surface area contributed by atoms with Crippen LogP contribution in [0.1, 0.15) is 26.3 Å². The Balaban J connectivity index is 2.70. The van der Waals surface area contributed by atoms with Gasteiger partial charge in [-0.1, -0.05) is 15.9 Å². The van der Waals surface area contributed by atoms with Gasteiger partial charge in [0.1, 0.15) is 0 Å². The summed E-state index contributed by atoms with van der Waals surface area (Å²) in [6.45, 7) is 7.38. The number of rotatable bonds is 1. The minimum atomic E-state index is -0.661. The summed E-state index contributed by atoms with van der Waals surface area (Å²) in [7, 11) is 0. The lowest BCUT2D eigenvalue weighted by Crippen LogP contribution is -2.46. The van der Waals surface area contributed by atoms with Crippen molar-refractivity contribution in [2.45, 2.75) is 33.2 Å². The lowest BCUT2D eigenvalue weighted by Gasteiger charge is -2.19. The zero-order valence-electron chi connectivity index (χ0n) is 10.9. The van der Waals surface area contributed by atoms with E-state index in [1.165, 1.54) is 0 Å². The fourth-order valence-corrected chi connectivity index (χ4v) is 1.55. The van der Waals surface area contributed by atoms with E-state index in [1.54, 1.807) is 12.1 Å². The number of benzene rings is 1. The van der Waals surface area contributed by atoms with Crippen molar-refractivity contribution in [2.75, 3.05) is 5.32 Å². The molecule has 0 radical (unpaired) electrons. The van der Waals surface area contributed by atoms with Gasteiger partial charge in [0, 0.05) is 15.7 Å². The molecule has 2 N–H and O–H groups in total. The molecule has 18 heavy (non-hydrogen) atoms. The van der Waals surface area contributed by atoms with Crippen LogP contribution in [0.5, 0.6) is 0 Å². The summed E-state index contributed by atoms with van der Waals surface area (Å²) in [5.41, 5.74) is 1.16. The molecule has 0 saturated heterocycles. The van der Waals surface area contributed by atoms with Crippen LogP contribution >= 0.6 is 15.9 Å². The van der Waals surface area contributed by atoms with E-state index in [0.717, 1.165) is 10.0 Å². The van der Waals surface area contributed by atoms with Crippen LogP contribution in [-0.2, 0) is 9.59 Å². The number of carbonyl (C=O) groups is 2. The Kier molecular flexibility index (Phi) is 4.51. The molecule has 1 rings (SSSR count). The molecule has 0 heterocycles. The van der Waals surface area contributed by atoms with E-state index >= 15 is 0 Å². The van der Waals surface area contributed by atoms with Crippen molar-refractivity contribution in [3.05, 3.63) is 28.2 Å². The van der Waals surface area contributed by atoms with Gasteiger partial charge in [-0.3, -0.25) is 9.59 Å². The van der Waals surface area contributed by atoms with Crippen LogP contribution in [0.3, 0.4) is 0 Å². The molecular weight excluding hydrogens is 296 g/mol. The van der Waals surface area contributed by atoms with Crippen molar-refractivity contribution in [1.82, 2.24) is 5.32 Å². The highest BCUT2D eigenvalue weighted by molar-refractivity contribution is 9.10. The quantitative estimate of drug-likeness (QED) is 0.783. The van der Waals surface area contributed by atoms with Gasteiger partial charge < -0.3 is 10.6 Å². The zero-order valence-corrected chi connectivity index (χ0v) is 12.5. The topological polar surface area (TPSA) is 58.2 Å². The summed E-state index contributed by atoms with van der Waals surface area (Å²) in [6.07, 6.45) is 0. The van der Waals surface area contributed by atoms with Crippen LogP contribution in [0.2, 0.25) is 0 Å². The molecule has 0 aliphatic rings. The lowest BCUT2D eigenvalue weighted by atomic mass is 10.1. The lowest BCUT2D eigenvalue weighted by molar-refractivity contribution is -0.137. The molecule has 0 spiro atoms. The maximum Gasteiger partial charge on any atom is 0.313 e. The maximum atomic E-state index is 11.7. The highest BCUT2D eigenvalue weighted by Gasteiger charge is 2.20. The SMILES string of the molecule is Cc1cc(NC(=O)C(=O)NC(C)(C)C)ccc1Br. The van der Waals surface area contributed by atoms with Crippen LogP contribution in [0, 0.1) is 6.92 Å². The molecule has 0 saturated carbocycles. The second-order valence-electron chi connectivity index (χ2n) is 5.12. The van der Waals surface area contributed by atoms with Gasteiger partial charge >= 0.3 is 11.8 Å². The minimum absolute atomic E-state index is 0.427. The van der Waals surface area contributed by atoms with Crippen molar-refractivity contribution in [2.24, 2.45) is 0 Å². The van der Waals surface area contributed by atoms with E-state index in [9.17, 15) is 9.59 Å². The van der Waals surface area contributed by atoms with Gasteiger partial charge in [0.05, 0.1) is 0 Å². The van der Waals surface area contributed by atoms with Gasteiger partial charge in [0.2, 0.25) is 0 Å². The summed E-state index contributed by atoms with van der Waals surface area (Å²) in [6, 6.07) is 5.36. The second kappa shape index (κ2) is 5.52. The number of hydrogen-bond donors (Lipinski definition) is 2. The number of aryl methyl sites for hydroxylation is 1. The molecule has 0 aliphatic heterocycles. The van der Waals surface area contributed by atoms with E-state index in [0.29, 0.717) is 5.69 Å². The van der Waals surface area contributed by atoms with E-state index in [1.807, 2.05) is 33.8 Å². The number of halogens is 1. The largest absolute Gasteiger partial charge is 0.343 e. The normalized spacial score (nSPS) is 10.9. The summed E-state index contributed by atoms with van der Waals surface area (Å²) in [4.78, 5) is 23.2. The summed E-state index contributed by atoms with van der Waals surface area (Å²) < 4.78 is 0.958. The van der Waals surface area contributed by atoms with Gasteiger partial charge in [-0.15, -0.1) is 0 Å². The van der Waals surface area contributed by atoms with Gasteiger partial charge in [-0.25, -0.2) is 0 Å². The van der Waals surface area contributed by atoms with E-state index in [-0.39, 0.29) is 0 Å². The minimum Gasteiger partial charge on any atom is -0.343 e. The van der Waals surface area contributed by atoms with Gasteiger partial charge in [-0.05, 0) is 51.5 Å². The fraction of sp³-hybridized carbons (Fsp3) is 0.385. The predicted molar refractivity (Wildman–Crippen MR) is 75.4 cm³/mol. The average Bonchev–Trinajstić information content (AvgIpc) is 2.21. The van der Waals surface area contributed by atoms with Crippen molar-refractivity contribution in [1.29, 1.82) is 0 Å². The first kappa shape index (κ1) is 14.7. The van der Waals surface area contributed by atoms with Crippen molar-refractivity contribution >= 4 is 33.4 Å². The highest BCUT2D eigenvalue weighted by Crippen LogP contribution is 2.19. The third kappa shape index (κ3) is 4.49. The molecule has 0 bridgehead atoms. The van der Waals surface area contributed by atoms with E-state index in [2.05, 4.69) is 26.6 Å².